The maximum absolute atomic E-state index is 11.7. The van der Waals surface area contributed by atoms with E-state index in [4.69, 9.17) is 5.73 Å². The topological polar surface area (TPSA) is 95.2 Å². The molecule has 2 N–H and O–H groups in total. The second-order valence-corrected chi connectivity index (χ2v) is 3.99. The van der Waals surface area contributed by atoms with E-state index in [9.17, 15) is 9.59 Å². The summed E-state index contributed by atoms with van der Waals surface area (Å²) in [5.74, 6) is -1.07. The van der Waals surface area contributed by atoms with Crippen molar-refractivity contribution in [2.24, 2.45) is 5.73 Å². The predicted molar refractivity (Wildman–Crippen MR) is 69.9 cm³/mol. The van der Waals surface area contributed by atoms with Crippen LogP contribution in [-0.4, -0.2) is 28.3 Å². The van der Waals surface area contributed by atoms with Crippen LogP contribution >= 0.6 is 0 Å². The van der Waals surface area contributed by atoms with Crippen LogP contribution in [0.4, 0.5) is 0 Å². The Morgan fingerprint density at radius 2 is 2.11 bits per heavy atom. The van der Waals surface area contributed by atoms with E-state index in [1.54, 1.807) is 20.0 Å². The minimum absolute atomic E-state index is 0.0330. The molecule has 6 nitrogen and oxygen atoms in total. The zero-order valence-electron chi connectivity index (χ0n) is 11.3. The Morgan fingerprint density at radius 3 is 2.68 bits per heavy atom. The van der Waals surface area contributed by atoms with Gasteiger partial charge in [0.2, 0.25) is 0 Å². The number of ketones is 1. The summed E-state index contributed by atoms with van der Waals surface area (Å²) in [7, 11) is 0. The molecule has 0 saturated heterocycles. The van der Waals surface area contributed by atoms with Gasteiger partial charge in [-0.2, -0.15) is 0 Å². The Kier molecular flexibility index (Phi) is 5.17. The zero-order valence-corrected chi connectivity index (χ0v) is 11.3. The number of hydrogen-bond acceptors (Lipinski definition) is 6. The molecule has 1 aromatic heterocycles. The van der Waals surface area contributed by atoms with Gasteiger partial charge in [-0.15, -0.1) is 0 Å². The van der Waals surface area contributed by atoms with Gasteiger partial charge in [0.1, 0.15) is 6.42 Å². The first-order valence-electron chi connectivity index (χ1n) is 5.90. The van der Waals surface area contributed by atoms with E-state index >= 15 is 0 Å². The fourth-order valence-corrected chi connectivity index (χ4v) is 1.42. The zero-order chi connectivity index (χ0) is 14.4. The molecule has 1 heterocycles. The third-order valence-electron chi connectivity index (χ3n) is 2.33. The first kappa shape index (κ1) is 14.8. The number of aromatic nitrogens is 2. The van der Waals surface area contributed by atoms with Crippen molar-refractivity contribution in [2.75, 3.05) is 6.61 Å². The number of esters is 1. The van der Waals surface area contributed by atoms with Crippen molar-refractivity contribution in [3.8, 4) is 0 Å². The standard InChI is InChI=1S/C13H17N3O3/c1-4-19-13(18)6-12(17)10(14)5-11-9(3)16-8(2)7-15-11/h5,7H,4,6,14H2,1-3H3. The number of rotatable bonds is 5. The molecule has 1 rings (SSSR count). The minimum atomic E-state index is -0.587. The van der Waals surface area contributed by atoms with Gasteiger partial charge in [-0.05, 0) is 26.8 Å². The third kappa shape index (κ3) is 4.50. The van der Waals surface area contributed by atoms with Gasteiger partial charge >= 0.3 is 5.97 Å². The fourth-order valence-electron chi connectivity index (χ4n) is 1.42. The highest BCUT2D eigenvalue weighted by Gasteiger charge is 2.13. The molecule has 0 radical (unpaired) electrons. The molecule has 0 aliphatic carbocycles. The highest BCUT2D eigenvalue weighted by molar-refractivity contribution is 6.07. The van der Waals surface area contributed by atoms with Gasteiger partial charge in [0.25, 0.3) is 0 Å². The summed E-state index contributed by atoms with van der Waals surface area (Å²) in [4.78, 5) is 31.2. The number of hydrogen-bond donors (Lipinski definition) is 1. The summed E-state index contributed by atoms with van der Waals surface area (Å²) in [6.07, 6.45) is 2.64. The van der Waals surface area contributed by atoms with Crippen LogP contribution in [0.1, 0.15) is 30.4 Å². The molecular formula is C13H17N3O3. The number of carbonyl (C=O) groups is 2. The van der Waals surface area contributed by atoms with Gasteiger partial charge in [-0.1, -0.05) is 0 Å². The van der Waals surface area contributed by atoms with E-state index in [1.165, 1.54) is 6.08 Å². The molecule has 1 aromatic rings. The number of Topliss-reactive ketones (excluding diaryl/α,β-unsaturated/α-hetero) is 1. The Hall–Kier alpha value is -2.24. The summed E-state index contributed by atoms with van der Waals surface area (Å²) in [5.41, 5.74) is 7.57. The largest absolute Gasteiger partial charge is 0.466 e. The first-order chi connectivity index (χ1) is 8.93. The lowest BCUT2D eigenvalue weighted by molar-refractivity contribution is -0.144. The average molecular weight is 263 g/mol. The maximum atomic E-state index is 11.7. The normalized spacial score (nSPS) is 11.2. The van der Waals surface area contributed by atoms with E-state index < -0.39 is 11.8 Å². The van der Waals surface area contributed by atoms with Gasteiger partial charge in [0.05, 0.1) is 29.4 Å². The van der Waals surface area contributed by atoms with Gasteiger partial charge < -0.3 is 10.5 Å². The number of aryl methyl sites for hydroxylation is 2. The van der Waals surface area contributed by atoms with E-state index in [0.29, 0.717) is 11.4 Å². The van der Waals surface area contributed by atoms with Crippen molar-refractivity contribution >= 4 is 17.8 Å². The monoisotopic (exact) mass is 263 g/mol. The third-order valence-corrected chi connectivity index (χ3v) is 2.33. The fraction of sp³-hybridized carbons (Fsp3) is 0.385. The van der Waals surface area contributed by atoms with Gasteiger partial charge in [0.15, 0.2) is 5.78 Å². The SMILES string of the molecule is CCOC(=O)CC(=O)C(N)=Cc1ncc(C)nc1C. The first-order valence-corrected chi connectivity index (χ1v) is 5.90. The van der Waals surface area contributed by atoms with Crippen LogP contribution in [0.5, 0.6) is 0 Å². The van der Waals surface area contributed by atoms with Crippen LogP contribution in [0.2, 0.25) is 0 Å². The number of carbonyl (C=O) groups excluding carboxylic acids is 2. The Labute approximate surface area is 111 Å². The summed E-state index contributed by atoms with van der Waals surface area (Å²) < 4.78 is 4.68. The summed E-state index contributed by atoms with van der Waals surface area (Å²) in [6.45, 7) is 5.50. The molecule has 0 fully saturated rings. The number of allylic oxidation sites excluding steroid dienone is 1. The number of nitrogens with zero attached hydrogens (tertiary/aromatic N) is 2. The Balaban J connectivity index is 2.81. The van der Waals surface area contributed by atoms with Crippen molar-refractivity contribution in [1.29, 1.82) is 0 Å². The molecule has 6 heteroatoms. The number of nitrogens with two attached hydrogens (primary N) is 1. The highest BCUT2D eigenvalue weighted by atomic mass is 16.5. The van der Waals surface area contributed by atoms with Crippen LogP contribution in [0.15, 0.2) is 11.9 Å². The minimum Gasteiger partial charge on any atom is -0.466 e. The van der Waals surface area contributed by atoms with Gasteiger partial charge in [-0.25, -0.2) is 0 Å². The maximum Gasteiger partial charge on any atom is 0.313 e. The van der Waals surface area contributed by atoms with Crippen molar-refractivity contribution in [1.82, 2.24) is 9.97 Å². The molecule has 0 atom stereocenters. The molecule has 0 spiro atoms. The van der Waals surface area contributed by atoms with E-state index in [-0.39, 0.29) is 18.7 Å². The van der Waals surface area contributed by atoms with Gasteiger partial charge in [0, 0.05) is 6.20 Å². The molecule has 0 aliphatic rings. The summed E-state index contributed by atoms with van der Waals surface area (Å²) in [6, 6.07) is 0. The van der Waals surface area contributed by atoms with Crippen LogP contribution in [0.25, 0.3) is 6.08 Å². The molecule has 19 heavy (non-hydrogen) atoms. The molecule has 0 bridgehead atoms. The van der Waals surface area contributed by atoms with Crippen LogP contribution < -0.4 is 5.73 Å². The van der Waals surface area contributed by atoms with Crippen molar-refractivity contribution in [3.05, 3.63) is 29.0 Å². The van der Waals surface area contributed by atoms with Crippen LogP contribution in [-0.2, 0) is 14.3 Å². The molecule has 0 unspecified atom stereocenters. The van der Waals surface area contributed by atoms with E-state index in [1.807, 2.05) is 6.92 Å². The summed E-state index contributed by atoms with van der Waals surface area (Å²) >= 11 is 0. The van der Waals surface area contributed by atoms with Crippen LogP contribution in [0, 0.1) is 13.8 Å². The quantitative estimate of drug-likeness (QED) is 0.482. The lowest BCUT2D eigenvalue weighted by atomic mass is 10.2. The average Bonchev–Trinajstić information content (AvgIpc) is 2.32. The Bertz CT molecular complexity index is 524. The molecule has 0 aromatic carbocycles. The van der Waals surface area contributed by atoms with Crippen molar-refractivity contribution in [3.63, 3.8) is 0 Å². The molecular weight excluding hydrogens is 246 g/mol. The van der Waals surface area contributed by atoms with Gasteiger partial charge in [-0.3, -0.25) is 19.6 Å². The smallest absolute Gasteiger partial charge is 0.313 e. The van der Waals surface area contributed by atoms with Crippen LogP contribution in [0.3, 0.4) is 0 Å². The lowest BCUT2D eigenvalue weighted by Crippen LogP contribution is -2.17. The van der Waals surface area contributed by atoms with E-state index in [2.05, 4.69) is 14.7 Å². The molecule has 102 valence electrons. The van der Waals surface area contributed by atoms with Crippen molar-refractivity contribution < 1.29 is 14.3 Å². The number of ether oxygens (including phenoxy) is 1. The Morgan fingerprint density at radius 1 is 1.42 bits per heavy atom. The second-order valence-electron chi connectivity index (χ2n) is 3.99. The lowest BCUT2D eigenvalue weighted by Gasteiger charge is -2.03. The highest BCUT2D eigenvalue weighted by Crippen LogP contribution is 2.07. The summed E-state index contributed by atoms with van der Waals surface area (Å²) in [5, 5.41) is 0. The molecule has 0 aliphatic heterocycles. The van der Waals surface area contributed by atoms with Crippen molar-refractivity contribution in [2.45, 2.75) is 27.2 Å². The second kappa shape index (κ2) is 6.63. The molecule has 0 saturated carbocycles. The van der Waals surface area contributed by atoms with E-state index in [0.717, 1.165) is 5.69 Å². The molecule has 0 amide bonds. The predicted octanol–water partition coefficient (Wildman–Crippen LogP) is 0.915.